The molecule has 0 aliphatic rings. The van der Waals surface area contributed by atoms with Crippen molar-refractivity contribution in [1.82, 2.24) is 14.9 Å². The number of carbonyl (C=O) groups is 2. The summed E-state index contributed by atoms with van der Waals surface area (Å²) in [5, 5.41) is 3.93. The summed E-state index contributed by atoms with van der Waals surface area (Å²) in [6.45, 7) is 1.79. The maximum absolute atomic E-state index is 13.6. The van der Waals surface area contributed by atoms with Gasteiger partial charge in [-0.1, -0.05) is 6.07 Å². The Hall–Kier alpha value is -4.99. The molecule has 2 heterocycles. The predicted octanol–water partition coefficient (Wildman–Crippen LogP) is 5.84. The van der Waals surface area contributed by atoms with Gasteiger partial charge in [-0.3, -0.25) is 19.1 Å². The fourth-order valence-corrected chi connectivity index (χ4v) is 4.56. The maximum Gasteiger partial charge on any atom is 0.416 e. The average Bonchev–Trinajstić information content (AvgIpc) is 2.96. The lowest BCUT2D eigenvalue weighted by Crippen LogP contribution is -2.27. The van der Waals surface area contributed by atoms with Crippen molar-refractivity contribution in [2.24, 2.45) is 0 Å². The van der Waals surface area contributed by atoms with Crippen molar-refractivity contribution in [2.75, 3.05) is 7.11 Å². The molecule has 1 amide bonds. The van der Waals surface area contributed by atoms with Crippen LogP contribution in [-0.2, 0) is 10.9 Å². The maximum atomic E-state index is 13.6. The quantitative estimate of drug-likeness (QED) is 0.222. The summed E-state index contributed by atoms with van der Waals surface area (Å²) in [6, 6.07) is 18.3. The van der Waals surface area contributed by atoms with E-state index in [-0.39, 0.29) is 22.2 Å². The van der Waals surface area contributed by atoms with Crippen LogP contribution in [0, 0.1) is 0 Å². The molecule has 1 atom stereocenters. The molecule has 0 fully saturated rings. The standard InChI is InChI=1S/C30H22F3N3O4/c1-17(25-5-3-4-14-34-25)35-27(37)18-7-13-26-24(15-18)23-16-19(29(39)40-2)6-12-22(23)28(38)36(26)21-10-8-20(9-11-21)30(31,32)33/h3-17H,1-2H3,(H,35,37)/t17-/m0/s1. The molecule has 0 saturated heterocycles. The Morgan fingerprint density at radius 3 is 2.25 bits per heavy atom. The Morgan fingerprint density at radius 1 is 0.900 bits per heavy atom. The zero-order valence-electron chi connectivity index (χ0n) is 21.3. The predicted molar refractivity (Wildman–Crippen MR) is 144 cm³/mol. The molecule has 3 aromatic carbocycles. The van der Waals surface area contributed by atoms with Crippen LogP contribution in [0.25, 0.3) is 27.4 Å². The van der Waals surface area contributed by atoms with E-state index < -0.39 is 35.2 Å². The van der Waals surface area contributed by atoms with Crippen molar-refractivity contribution in [1.29, 1.82) is 0 Å². The number of pyridine rings is 2. The van der Waals surface area contributed by atoms with Crippen LogP contribution in [0.5, 0.6) is 0 Å². The van der Waals surface area contributed by atoms with Crippen molar-refractivity contribution >= 4 is 33.6 Å². The van der Waals surface area contributed by atoms with Crippen LogP contribution in [0.1, 0.15) is 44.9 Å². The third-order valence-corrected chi connectivity index (χ3v) is 6.60. The van der Waals surface area contributed by atoms with Crippen LogP contribution < -0.4 is 10.9 Å². The molecule has 5 rings (SSSR count). The number of methoxy groups -OCH3 is 1. The third-order valence-electron chi connectivity index (χ3n) is 6.60. The van der Waals surface area contributed by atoms with Gasteiger partial charge in [0.1, 0.15) is 0 Å². The van der Waals surface area contributed by atoms with Crippen LogP contribution >= 0.6 is 0 Å². The molecule has 1 N–H and O–H groups in total. The normalized spacial score (nSPS) is 12.3. The number of esters is 1. The van der Waals surface area contributed by atoms with E-state index in [2.05, 4.69) is 10.3 Å². The van der Waals surface area contributed by atoms with Crippen molar-refractivity contribution in [3.8, 4) is 5.69 Å². The summed E-state index contributed by atoms with van der Waals surface area (Å²) in [5.41, 5.74) is 0.342. The molecule has 5 aromatic rings. The van der Waals surface area contributed by atoms with Gasteiger partial charge in [0, 0.05) is 28.2 Å². The molecule has 0 radical (unpaired) electrons. The van der Waals surface area contributed by atoms with Gasteiger partial charge in [0.25, 0.3) is 11.5 Å². The van der Waals surface area contributed by atoms with E-state index in [4.69, 9.17) is 4.74 Å². The summed E-state index contributed by atoms with van der Waals surface area (Å²) < 4.78 is 45.6. The van der Waals surface area contributed by atoms with E-state index in [0.717, 1.165) is 12.1 Å². The van der Waals surface area contributed by atoms with E-state index in [1.807, 2.05) is 6.07 Å². The highest BCUT2D eigenvalue weighted by Crippen LogP contribution is 2.31. The zero-order valence-corrected chi connectivity index (χ0v) is 21.3. The number of hydrogen-bond donors (Lipinski definition) is 1. The van der Waals surface area contributed by atoms with E-state index in [1.165, 1.54) is 48.1 Å². The summed E-state index contributed by atoms with van der Waals surface area (Å²) in [6.07, 6.45) is -2.91. The van der Waals surface area contributed by atoms with E-state index in [1.54, 1.807) is 37.4 Å². The van der Waals surface area contributed by atoms with Gasteiger partial charge in [-0.15, -0.1) is 0 Å². The highest BCUT2D eigenvalue weighted by molar-refractivity contribution is 6.11. The average molecular weight is 546 g/mol. The number of alkyl halides is 3. The molecule has 0 bridgehead atoms. The second-order valence-corrected chi connectivity index (χ2v) is 9.12. The number of ether oxygens (including phenoxy) is 1. The second kappa shape index (κ2) is 10.3. The number of nitrogens with one attached hydrogen (secondary N) is 1. The first-order valence-electron chi connectivity index (χ1n) is 12.2. The van der Waals surface area contributed by atoms with Gasteiger partial charge in [-0.05, 0) is 85.1 Å². The summed E-state index contributed by atoms with van der Waals surface area (Å²) in [5.74, 6) is -1.01. The van der Waals surface area contributed by atoms with Crippen LogP contribution in [-0.4, -0.2) is 28.5 Å². The Labute approximate surface area is 225 Å². The van der Waals surface area contributed by atoms with Crippen molar-refractivity contribution in [3.63, 3.8) is 0 Å². The molecular weight excluding hydrogens is 523 g/mol. The molecule has 0 saturated carbocycles. The summed E-state index contributed by atoms with van der Waals surface area (Å²) >= 11 is 0. The monoisotopic (exact) mass is 545 g/mol. The minimum atomic E-state index is -4.53. The molecule has 0 spiro atoms. The topological polar surface area (TPSA) is 90.3 Å². The van der Waals surface area contributed by atoms with Crippen LogP contribution in [0.2, 0.25) is 0 Å². The lowest BCUT2D eigenvalue weighted by atomic mass is 10.0. The van der Waals surface area contributed by atoms with Crippen LogP contribution in [0.3, 0.4) is 0 Å². The highest BCUT2D eigenvalue weighted by Gasteiger charge is 2.30. The Morgan fingerprint density at radius 2 is 1.60 bits per heavy atom. The number of nitrogens with zero attached hydrogens (tertiary/aromatic N) is 2. The molecule has 2 aromatic heterocycles. The Bertz CT molecular complexity index is 1820. The van der Waals surface area contributed by atoms with E-state index >= 15 is 0 Å². The molecule has 0 unspecified atom stereocenters. The van der Waals surface area contributed by atoms with Gasteiger partial charge >= 0.3 is 12.1 Å². The lowest BCUT2D eigenvalue weighted by Gasteiger charge is -2.17. The Balaban J connectivity index is 1.70. The fourth-order valence-electron chi connectivity index (χ4n) is 4.56. The van der Waals surface area contributed by atoms with Gasteiger partial charge in [0.05, 0.1) is 35.5 Å². The summed E-state index contributed by atoms with van der Waals surface area (Å²) in [4.78, 5) is 43.3. The minimum absolute atomic E-state index is 0.196. The Kier molecular flexibility index (Phi) is 6.85. The number of benzene rings is 3. The van der Waals surface area contributed by atoms with E-state index in [0.29, 0.717) is 22.0 Å². The number of rotatable bonds is 5. The van der Waals surface area contributed by atoms with Crippen LogP contribution in [0.15, 0.2) is 89.9 Å². The number of hydrogen-bond acceptors (Lipinski definition) is 5. The summed E-state index contributed by atoms with van der Waals surface area (Å²) in [7, 11) is 1.23. The third kappa shape index (κ3) is 4.91. The molecule has 0 aliphatic carbocycles. The lowest BCUT2D eigenvalue weighted by molar-refractivity contribution is -0.137. The number of carbonyl (C=O) groups excluding carboxylic acids is 2. The number of amides is 1. The molecule has 40 heavy (non-hydrogen) atoms. The van der Waals surface area contributed by atoms with Gasteiger partial charge in [-0.2, -0.15) is 13.2 Å². The largest absolute Gasteiger partial charge is 0.465 e. The van der Waals surface area contributed by atoms with Gasteiger partial charge < -0.3 is 10.1 Å². The molecule has 7 nitrogen and oxygen atoms in total. The fraction of sp³-hybridized carbons (Fsp3) is 0.133. The van der Waals surface area contributed by atoms with Gasteiger partial charge in [0.15, 0.2) is 0 Å². The minimum Gasteiger partial charge on any atom is -0.465 e. The van der Waals surface area contributed by atoms with Crippen molar-refractivity contribution in [3.05, 3.63) is 118 Å². The van der Waals surface area contributed by atoms with Crippen LogP contribution in [0.4, 0.5) is 13.2 Å². The SMILES string of the molecule is COC(=O)c1ccc2c(=O)n(-c3ccc(C(F)(F)F)cc3)c3ccc(C(=O)N[C@@H](C)c4ccccn4)cc3c2c1. The molecular formula is C30H22F3N3O4. The van der Waals surface area contributed by atoms with Gasteiger partial charge in [-0.25, -0.2) is 4.79 Å². The highest BCUT2D eigenvalue weighted by atomic mass is 19.4. The number of aromatic nitrogens is 2. The molecule has 10 heteroatoms. The second-order valence-electron chi connectivity index (χ2n) is 9.12. The first-order valence-corrected chi connectivity index (χ1v) is 12.2. The van der Waals surface area contributed by atoms with Crippen molar-refractivity contribution < 1.29 is 27.5 Å². The van der Waals surface area contributed by atoms with Crippen molar-refractivity contribution in [2.45, 2.75) is 19.1 Å². The first kappa shape index (κ1) is 26.6. The first-order chi connectivity index (χ1) is 19.1. The van der Waals surface area contributed by atoms with Gasteiger partial charge in [0.2, 0.25) is 0 Å². The molecule has 202 valence electrons. The smallest absolute Gasteiger partial charge is 0.416 e. The molecule has 0 aliphatic heterocycles. The zero-order chi connectivity index (χ0) is 28.6. The number of fused-ring (bicyclic) bond motifs is 3. The van der Waals surface area contributed by atoms with E-state index in [9.17, 15) is 27.6 Å². The number of halogens is 3.